The molecule has 22 heavy (non-hydrogen) atoms. The van der Waals surface area contributed by atoms with E-state index in [0.29, 0.717) is 12.0 Å². The molecule has 0 spiro atoms. The average molecular weight is 301 g/mol. The summed E-state index contributed by atoms with van der Waals surface area (Å²) in [6.07, 6.45) is 6.36. The first-order valence-electron chi connectivity index (χ1n) is 7.75. The first-order chi connectivity index (χ1) is 10.8. The quantitative estimate of drug-likeness (QED) is 0.884. The molecular formula is C16H23N5O. The first-order valence-corrected chi connectivity index (χ1v) is 7.75. The SMILES string of the molecule is CN1CCN(Cc2cccn2-c2ncccn2)CC1CCO. The smallest absolute Gasteiger partial charge is 0.233 e. The van der Waals surface area contributed by atoms with E-state index in [1.807, 2.05) is 22.9 Å². The Hall–Kier alpha value is -1.76. The van der Waals surface area contributed by atoms with E-state index in [9.17, 15) is 5.11 Å². The summed E-state index contributed by atoms with van der Waals surface area (Å²) >= 11 is 0. The molecule has 0 saturated carbocycles. The summed E-state index contributed by atoms with van der Waals surface area (Å²) in [6, 6.07) is 6.41. The number of likely N-dealkylation sites (N-methyl/N-ethyl adjacent to an activating group) is 1. The van der Waals surface area contributed by atoms with Crippen molar-refractivity contribution in [1.29, 1.82) is 0 Å². The van der Waals surface area contributed by atoms with Crippen molar-refractivity contribution < 1.29 is 5.11 Å². The van der Waals surface area contributed by atoms with Gasteiger partial charge in [-0.1, -0.05) is 0 Å². The zero-order valence-electron chi connectivity index (χ0n) is 13.0. The molecule has 1 saturated heterocycles. The molecule has 2 aromatic heterocycles. The minimum Gasteiger partial charge on any atom is -0.396 e. The molecule has 3 rings (SSSR count). The number of aliphatic hydroxyl groups is 1. The van der Waals surface area contributed by atoms with Gasteiger partial charge in [-0.2, -0.15) is 0 Å². The van der Waals surface area contributed by atoms with Crippen molar-refractivity contribution in [2.45, 2.75) is 19.0 Å². The maximum atomic E-state index is 9.21. The second kappa shape index (κ2) is 7.00. The van der Waals surface area contributed by atoms with Crippen LogP contribution in [0, 0.1) is 0 Å². The van der Waals surface area contributed by atoms with Crippen LogP contribution in [0.15, 0.2) is 36.8 Å². The van der Waals surface area contributed by atoms with Gasteiger partial charge in [0.1, 0.15) is 0 Å². The second-order valence-corrected chi connectivity index (χ2v) is 5.80. The third-order valence-corrected chi connectivity index (χ3v) is 4.31. The standard InChI is InChI=1S/C16H23N5O/c1-19-9-10-20(12-14(19)5-11-22)13-15-4-2-8-21(15)16-17-6-3-7-18-16/h2-4,6-8,14,22H,5,9-13H2,1H3. The molecule has 0 radical (unpaired) electrons. The molecular weight excluding hydrogens is 278 g/mol. The van der Waals surface area contributed by atoms with Gasteiger partial charge in [0.05, 0.1) is 0 Å². The average Bonchev–Trinajstić information content (AvgIpc) is 3.00. The van der Waals surface area contributed by atoms with Crippen LogP contribution in [-0.2, 0) is 6.54 Å². The third-order valence-electron chi connectivity index (χ3n) is 4.31. The van der Waals surface area contributed by atoms with E-state index in [0.717, 1.165) is 32.6 Å². The fourth-order valence-corrected chi connectivity index (χ4v) is 3.00. The summed E-state index contributed by atoms with van der Waals surface area (Å²) in [7, 11) is 2.14. The summed E-state index contributed by atoms with van der Waals surface area (Å²) in [6.45, 7) is 4.18. The van der Waals surface area contributed by atoms with E-state index < -0.39 is 0 Å². The van der Waals surface area contributed by atoms with Crippen molar-refractivity contribution in [3.8, 4) is 5.95 Å². The van der Waals surface area contributed by atoms with E-state index in [1.54, 1.807) is 12.4 Å². The highest BCUT2D eigenvalue weighted by Crippen LogP contribution is 2.16. The number of aromatic nitrogens is 3. The van der Waals surface area contributed by atoms with Crippen LogP contribution in [0.5, 0.6) is 0 Å². The maximum Gasteiger partial charge on any atom is 0.233 e. The molecule has 3 heterocycles. The zero-order chi connectivity index (χ0) is 15.4. The molecule has 2 aromatic rings. The Labute approximate surface area is 131 Å². The molecule has 6 heteroatoms. The Morgan fingerprint density at radius 1 is 1.23 bits per heavy atom. The summed E-state index contributed by atoms with van der Waals surface area (Å²) in [4.78, 5) is 13.4. The zero-order valence-corrected chi connectivity index (χ0v) is 13.0. The predicted molar refractivity (Wildman–Crippen MR) is 84.8 cm³/mol. The highest BCUT2D eigenvalue weighted by molar-refractivity contribution is 5.20. The van der Waals surface area contributed by atoms with Gasteiger partial charge in [-0.25, -0.2) is 9.97 Å². The highest BCUT2D eigenvalue weighted by Gasteiger charge is 2.24. The number of hydrogen-bond acceptors (Lipinski definition) is 5. The van der Waals surface area contributed by atoms with Crippen LogP contribution >= 0.6 is 0 Å². The Bertz CT molecular complexity index is 585. The lowest BCUT2D eigenvalue weighted by molar-refractivity contribution is 0.0733. The molecule has 1 fully saturated rings. The van der Waals surface area contributed by atoms with E-state index in [4.69, 9.17) is 0 Å². The van der Waals surface area contributed by atoms with Gasteiger partial charge in [0.15, 0.2) is 0 Å². The fourth-order valence-electron chi connectivity index (χ4n) is 3.00. The molecule has 1 aliphatic rings. The summed E-state index contributed by atoms with van der Waals surface area (Å²) in [5, 5.41) is 9.21. The molecule has 1 atom stereocenters. The summed E-state index contributed by atoms with van der Waals surface area (Å²) < 4.78 is 2.04. The summed E-state index contributed by atoms with van der Waals surface area (Å²) in [5.41, 5.74) is 1.19. The maximum absolute atomic E-state index is 9.21. The van der Waals surface area contributed by atoms with Gasteiger partial charge >= 0.3 is 0 Å². The van der Waals surface area contributed by atoms with Crippen LogP contribution in [-0.4, -0.2) is 68.8 Å². The highest BCUT2D eigenvalue weighted by atomic mass is 16.3. The normalized spacial score (nSPS) is 20.4. The van der Waals surface area contributed by atoms with Crippen molar-refractivity contribution in [2.75, 3.05) is 33.3 Å². The Balaban J connectivity index is 1.70. The monoisotopic (exact) mass is 301 g/mol. The van der Waals surface area contributed by atoms with Gasteiger partial charge in [-0.15, -0.1) is 0 Å². The van der Waals surface area contributed by atoms with Gasteiger partial charge in [0.25, 0.3) is 0 Å². The van der Waals surface area contributed by atoms with E-state index in [1.165, 1.54) is 5.69 Å². The molecule has 1 unspecified atom stereocenters. The Kier molecular flexibility index (Phi) is 4.82. The topological polar surface area (TPSA) is 57.4 Å². The number of piperazine rings is 1. The van der Waals surface area contributed by atoms with Gasteiger partial charge in [-0.05, 0) is 31.7 Å². The van der Waals surface area contributed by atoms with E-state index >= 15 is 0 Å². The van der Waals surface area contributed by atoms with Crippen LogP contribution in [0.4, 0.5) is 0 Å². The molecule has 118 valence electrons. The molecule has 6 nitrogen and oxygen atoms in total. The largest absolute Gasteiger partial charge is 0.396 e. The lowest BCUT2D eigenvalue weighted by atomic mass is 10.1. The molecule has 0 aromatic carbocycles. The van der Waals surface area contributed by atoms with Gasteiger partial charge in [0, 0.05) is 63.1 Å². The molecule has 0 amide bonds. The second-order valence-electron chi connectivity index (χ2n) is 5.80. The Morgan fingerprint density at radius 3 is 2.82 bits per heavy atom. The van der Waals surface area contributed by atoms with Crippen LogP contribution < -0.4 is 0 Å². The van der Waals surface area contributed by atoms with Gasteiger partial charge in [-0.3, -0.25) is 9.47 Å². The molecule has 1 N–H and O–H groups in total. The number of aliphatic hydroxyl groups excluding tert-OH is 1. The number of rotatable bonds is 5. The van der Waals surface area contributed by atoms with Crippen molar-refractivity contribution in [1.82, 2.24) is 24.3 Å². The fraction of sp³-hybridized carbons (Fsp3) is 0.500. The van der Waals surface area contributed by atoms with Crippen molar-refractivity contribution in [2.24, 2.45) is 0 Å². The van der Waals surface area contributed by atoms with Crippen LogP contribution in [0.1, 0.15) is 12.1 Å². The number of hydrogen-bond donors (Lipinski definition) is 1. The van der Waals surface area contributed by atoms with Gasteiger partial charge in [0.2, 0.25) is 5.95 Å². The number of nitrogens with zero attached hydrogens (tertiary/aromatic N) is 5. The predicted octanol–water partition coefficient (Wildman–Crippen LogP) is 0.766. The molecule has 0 bridgehead atoms. The first kappa shape index (κ1) is 15.1. The minimum absolute atomic E-state index is 0.247. The lowest BCUT2D eigenvalue weighted by Gasteiger charge is -2.39. The Morgan fingerprint density at radius 2 is 2.05 bits per heavy atom. The summed E-state index contributed by atoms with van der Waals surface area (Å²) in [5.74, 6) is 0.712. The van der Waals surface area contributed by atoms with Crippen molar-refractivity contribution >= 4 is 0 Å². The minimum atomic E-state index is 0.247. The van der Waals surface area contributed by atoms with Gasteiger partial charge < -0.3 is 10.0 Å². The van der Waals surface area contributed by atoms with Crippen LogP contribution in [0.3, 0.4) is 0 Å². The van der Waals surface area contributed by atoms with E-state index in [2.05, 4.69) is 32.9 Å². The third kappa shape index (κ3) is 3.35. The van der Waals surface area contributed by atoms with Crippen molar-refractivity contribution in [3.63, 3.8) is 0 Å². The molecule has 0 aliphatic carbocycles. The van der Waals surface area contributed by atoms with Crippen LogP contribution in [0.2, 0.25) is 0 Å². The van der Waals surface area contributed by atoms with Crippen molar-refractivity contribution in [3.05, 3.63) is 42.5 Å². The molecule has 1 aliphatic heterocycles. The lowest BCUT2D eigenvalue weighted by Crippen LogP contribution is -2.51. The van der Waals surface area contributed by atoms with E-state index in [-0.39, 0.29) is 6.61 Å². The van der Waals surface area contributed by atoms with Crippen LogP contribution in [0.25, 0.3) is 5.95 Å².